The number of nitrogen functional groups attached to an aromatic ring is 2. The molecular weight excluding hydrogens is 418 g/mol. The number of hydrogen-bond donors (Lipinski definition) is 3. The highest BCUT2D eigenvalue weighted by atomic mass is 16.6. The first-order chi connectivity index (χ1) is 15.4. The summed E-state index contributed by atoms with van der Waals surface area (Å²) in [6, 6.07) is 11.0. The quantitative estimate of drug-likeness (QED) is 0.312. The van der Waals surface area contributed by atoms with E-state index in [-0.39, 0.29) is 24.8 Å². The summed E-state index contributed by atoms with van der Waals surface area (Å²) >= 11 is 0. The zero-order chi connectivity index (χ0) is 23.1. The van der Waals surface area contributed by atoms with E-state index in [1.54, 1.807) is 18.3 Å². The Hall–Kier alpha value is -4.12. The highest BCUT2D eigenvalue weighted by Gasteiger charge is 2.13. The predicted octanol–water partition coefficient (Wildman–Crippen LogP) is 1.97. The molecule has 0 fully saturated rings. The van der Waals surface area contributed by atoms with Crippen LogP contribution in [0.5, 0.6) is 17.2 Å². The number of aliphatic hydroxyl groups is 1. The Morgan fingerprint density at radius 2 is 1.81 bits per heavy atom. The van der Waals surface area contributed by atoms with Crippen LogP contribution in [0.4, 0.5) is 17.5 Å². The van der Waals surface area contributed by atoms with Crippen molar-refractivity contribution in [1.82, 2.24) is 9.97 Å². The van der Waals surface area contributed by atoms with Crippen molar-refractivity contribution in [1.29, 1.82) is 0 Å². The number of non-ortho nitro benzene ring substituents is 1. The van der Waals surface area contributed by atoms with Crippen LogP contribution in [0.3, 0.4) is 0 Å². The Balaban J connectivity index is 1.59. The molecule has 0 saturated carbocycles. The Kier molecular flexibility index (Phi) is 7.24. The number of nitro benzene ring substituents is 1. The van der Waals surface area contributed by atoms with Gasteiger partial charge in [0.15, 0.2) is 11.5 Å². The molecule has 0 bridgehead atoms. The van der Waals surface area contributed by atoms with Crippen LogP contribution < -0.4 is 25.7 Å². The third kappa shape index (κ3) is 5.95. The number of hydrogen-bond acceptors (Lipinski definition) is 10. The second-order valence-electron chi connectivity index (χ2n) is 6.83. The highest BCUT2D eigenvalue weighted by molar-refractivity contribution is 5.48. The monoisotopic (exact) mass is 441 g/mol. The lowest BCUT2D eigenvalue weighted by Gasteiger charge is -2.16. The van der Waals surface area contributed by atoms with Gasteiger partial charge in [0, 0.05) is 30.3 Å². The van der Waals surface area contributed by atoms with Gasteiger partial charge in [-0.05, 0) is 29.8 Å². The van der Waals surface area contributed by atoms with Gasteiger partial charge in [-0.25, -0.2) is 4.98 Å². The van der Waals surface area contributed by atoms with E-state index in [1.165, 1.54) is 31.4 Å². The molecule has 11 nitrogen and oxygen atoms in total. The molecule has 0 saturated heterocycles. The molecule has 0 aliphatic carbocycles. The molecule has 1 aromatic heterocycles. The number of aliphatic hydroxyl groups excluding tert-OH is 1. The van der Waals surface area contributed by atoms with Gasteiger partial charge in [-0.2, -0.15) is 4.98 Å². The summed E-state index contributed by atoms with van der Waals surface area (Å²) in [6.45, 7) is -0.112. The van der Waals surface area contributed by atoms with Crippen LogP contribution >= 0.6 is 0 Å². The summed E-state index contributed by atoms with van der Waals surface area (Å²) < 4.78 is 16.5. The van der Waals surface area contributed by atoms with Crippen LogP contribution in [-0.2, 0) is 6.42 Å². The number of nitro groups is 1. The molecule has 168 valence electrons. The fourth-order valence-electron chi connectivity index (χ4n) is 2.82. The molecule has 3 aromatic rings. The van der Waals surface area contributed by atoms with Crippen molar-refractivity contribution in [2.45, 2.75) is 12.5 Å². The van der Waals surface area contributed by atoms with Gasteiger partial charge in [0.1, 0.15) is 30.9 Å². The minimum atomic E-state index is -0.945. The number of nitrogens with zero attached hydrogens (tertiary/aromatic N) is 3. The van der Waals surface area contributed by atoms with Gasteiger partial charge < -0.3 is 30.8 Å². The molecule has 1 unspecified atom stereocenters. The molecule has 1 atom stereocenters. The van der Waals surface area contributed by atoms with E-state index in [2.05, 4.69) is 9.97 Å². The second kappa shape index (κ2) is 10.3. The number of rotatable bonds is 10. The molecule has 5 N–H and O–H groups in total. The number of methoxy groups -OCH3 is 1. The lowest BCUT2D eigenvalue weighted by atomic mass is 10.1. The van der Waals surface area contributed by atoms with Crippen molar-refractivity contribution in [3.8, 4) is 17.2 Å². The van der Waals surface area contributed by atoms with Gasteiger partial charge in [0.2, 0.25) is 5.95 Å². The van der Waals surface area contributed by atoms with E-state index < -0.39 is 11.0 Å². The molecule has 32 heavy (non-hydrogen) atoms. The van der Waals surface area contributed by atoms with E-state index >= 15 is 0 Å². The maximum absolute atomic E-state index is 10.7. The number of anilines is 2. The Labute approximate surface area is 183 Å². The average molecular weight is 441 g/mol. The molecule has 0 amide bonds. The molecule has 0 radical (unpaired) electrons. The van der Waals surface area contributed by atoms with E-state index in [0.717, 1.165) is 5.56 Å². The van der Waals surface area contributed by atoms with E-state index in [9.17, 15) is 15.2 Å². The third-order valence-corrected chi connectivity index (χ3v) is 4.46. The summed E-state index contributed by atoms with van der Waals surface area (Å²) in [5, 5.41) is 20.9. The first kappa shape index (κ1) is 22.6. The minimum Gasteiger partial charge on any atom is -0.493 e. The maximum Gasteiger partial charge on any atom is 0.269 e. The van der Waals surface area contributed by atoms with Crippen molar-refractivity contribution >= 4 is 17.5 Å². The summed E-state index contributed by atoms with van der Waals surface area (Å²) in [6.07, 6.45) is 1.08. The fourth-order valence-corrected chi connectivity index (χ4v) is 2.82. The van der Waals surface area contributed by atoms with Crippen molar-refractivity contribution in [3.05, 3.63) is 69.9 Å². The van der Waals surface area contributed by atoms with Crippen LogP contribution in [0.25, 0.3) is 0 Å². The smallest absolute Gasteiger partial charge is 0.269 e. The molecule has 0 aliphatic rings. The van der Waals surface area contributed by atoms with Gasteiger partial charge in [0.05, 0.1) is 12.0 Å². The number of benzene rings is 2. The largest absolute Gasteiger partial charge is 0.493 e. The average Bonchev–Trinajstić information content (AvgIpc) is 2.78. The predicted molar refractivity (Wildman–Crippen MR) is 117 cm³/mol. The zero-order valence-corrected chi connectivity index (χ0v) is 17.3. The minimum absolute atomic E-state index is 0.0412. The van der Waals surface area contributed by atoms with Crippen molar-refractivity contribution in [2.75, 3.05) is 31.8 Å². The van der Waals surface area contributed by atoms with Crippen LogP contribution in [-0.4, -0.2) is 46.4 Å². The molecule has 2 aromatic carbocycles. The van der Waals surface area contributed by atoms with Gasteiger partial charge in [0.25, 0.3) is 5.69 Å². The van der Waals surface area contributed by atoms with Gasteiger partial charge in [-0.3, -0.25) is 10.1 Å². The van der Waals surface area contributed by atoms with Gasteiger partial charge in [-0.15, -0.1) is 0 Å². The number of ether oxygens (including phenoxy) is 3. The van der Waals surface area contributed by atoms with Crippen LogP contribution in [0.1, 0.15) is 11.1 Å². The second-order valence-corrected chi connectivity index (χ2v) is 6.83. The topological polar surface area (TPSA) is 169 Å². The summed E-state index contributed by atoms with van der Waals surface area (Å²) in [7, 11) is 1.52. The molecule has 0 spiro atoms. The number of aromatic nitrogens is 2. The van der Waals surface area contributed by atoms with Crippen LogP contribution in [0.15, 0.2) is 48.7 Å². The molecule has 1 heterocycles. The molecule has 3 rings (SSSR count). The lowest BCUT2D eigenvalue weighted by molar-refractivity contribution is -0.384. The Morgan fingerprint density at radius 1 is 1.09 bits per heavy atom. The summed E-state index contributed by atoms with van der Waals surface area (Å²) in [5.74, 6) is 1.75. The maximum atomic E-state index is 10.7. The van der Waals surface area contributed by atoms with Crippen LogP contribution in [0.2, 0.25) is 0 Å². The third-order valence-electron chi connectivity index (χ3n) is 4.46. The normalized spacial score (nSPS) is 11.6. The summed E-state index contributed by atoms with van der Waals surface area (Å²) in [5.41, 5.74) is 13.0. The van der Waals surface area contributed by atoms with Gasteiger partial charge in [-0.1, -0.05) is 6.07 Å². The van der Waals surface area contributed by atoms with Crippen LogP contribution in [0, 0.1) is 10.1 Å². The first-order valence-electron chi connectivity index (χ1n) is 9.57. The number of nitrogens with two attached hydrogens (primary N) is 2. The Morgan fingerprint density at radius 3 is 2.47 bits per heavy atom. The van der Waals surface area contributed by atoms with Crippen molar-refractivity contribution in [3.63, 3.8) is 0 Å². The van der Waals surface area contributed by atoms with Crippen molar-refractivity contribution in [2.24, 2.45) is 0 Å². The molecular formula is C21H23N5O6. The lowest BCUT2D eigenvalue weighted by Crippen LogP contribution is -2.25. The van der Waals surface area contributed by atoms with E-state index in [0.29, 0.717) is 35.1 Å². The highest BCUT2D eigenvalue weighted by Crippen LogP contribution is 2.29. The Bertz CT molecular complexity index is 1080. The molecule has 11 heteroatoms. The van der Waals surface area contributed by atoms with Gasteiger partial charge >= 0.3 is 0 Å². The van der Waals surface area contributed by atoms with Crippen molar-refractivity contribution < 1.29 is 24.2 Å². The standard InChI is InChI=1S/C21H23N5O6/c1-30-18-7-2-13(8-14-10-24-21(23)25-20(14)22)9-19(18)32-12-16(27)11-31-17-5-3-15(4-6-17)26(28)29/h2-7,9-10,16,27H,8,11-12H2,1H3,(H4,22,23,24,25). The summed E-state index contributed by atoms with van der Waals surface area (Å²) in [4.78, 5) is 18.1. The molecule has 0 aliphatic heterocycles. The zero-order valence-electron chi connectivity index (χ0n) is 17.3. The van der Waals surface area contributed by atoms with E-state index in [1.807, 2.05) is 6.07 Å². The van der Waals surface area contributed by atoms with E-state index in [4.69, 9.17) is 25.7 Å². The first-order valence-corrected chi connectivity index (χ1v) is 9.57. The fraction of sp³-hybridized carbons (Fsp3) is 0.238. The SMILES string of the molecule is COc1ccc(Cc2cnc(N)nc2N)cc1OCC(O)COc1ccc([N+](=O)[O-])cc1.